The molecule has 1 radical (unpaired) electrons. The van der Waals surface area contributed by atoms with E-state index in [1.165, 1.54) is 12.1 Å². The van der Waals surface area contributed by atoms with Crippen LogP contribution in [0.1, 0.15) is 11.1 Å². The third kappa shape index (κ3) is 1.14. The molecule has 1 aromatic carbocycles. The van der Waals surface area contributed by atoms with E-state index in [0.717, 1.165) is 0 Å². The Balaban J connectivity index is 3.47. The smallest absolute Gasteiger partial charge is 0.107 e. The van der Waals surface area contributed by atoms with Crippen LogP contribution in [0.4, 0.5) is 5.69 Å². The maximum atomic E-state index is 8.59. The number of nitriles is 2. The maximum absolute atomic E-state index is 8.59. The van der Waals surface area contributed by atoms with Gasteiger partial charge in [-0.3, -0.25) is 0 Å². The molecule has 0 unspecified atom stereocenters. The van der Waals surface area contributed by atoms with Crippen LogP contribution in [-0.4, -0.2) is 0 Å². The summed E-state index contributed by atoms with van der Waals surface area (Å²) in [4.78, 5) is 0. The lowest BCUT2D eigenvalue weighted by Gasteiger charge is -1.94. The topological polar surface area (TPSA) is 82.2 Å². The summed E-state index contributed by atoms with van der Waals surface area (Å²) in [5, 5.41) is 20.0. The number of benzene rings is 1. The van der Waals surface area contributed by atoms with E-state index < -0.39 is 0 Å². The Morgan fingerprint density at radius 1 is 1.17 bits per heavy atom. The molecule has 0 saturated heterocycles. The van der Waals surface area contributed by atoms with Crippen molar-refractivity contribution in [2.24, 2.45) is 5.11 Å². The molecular weight excluding hydrogens is 152 g/mol. The van der Waals surface area contributed by atoms with E-state index in [0.29, 0.717) is 0 Å². The van der Waals surface area contributed by atoms with Gasteiger partial charge in [-0.2, -0.15) is 10.5 Å². The number of nitrogens with zero attached hydrogens (tertiary/aromatic N) is 4. The monoisotopic (exact) mass is 155 g/mol. The summed E-state index contributed by atoms with van der Waals surface area (Å²) >= 11 is 0. The first kappa shape index (κ1) is 7.90. The minimum Gasteiger partial charge on any atom is -0.192 e. The van der Waals surface area contributed by atoms with Crippen molar-refractivity contribution < 1.29 is 0 Å². The molecule has 0 atom stereocenters. The van der Waals surface area contributed by atoms with Crippen molar-refractivity contribution in [3.8, 4) is 12.1 Å². The van der Waals surface area contributed by atoms with Crippen LogP contribution < -0.4 is 5.53 Å². The van der Waals surface area contributed by atoms with Crippen molar-refractivity contribution in [3.63, 3.8) is 0 Å². The van der Waals surface area contributed by atoms with Crippen LogP contribution in [0.3, 0.4) is 0 Å². The van der Waals surface area contributed by atoms with Crippen molar-refractivity contribution in [2.75, 3.05) is 0 Å². The van der Waals surface area contributed by atoms with Gasteiger partial charge in [-0.25, -0.2) is 0 Å². The lowest BCUT2D eigenvalue weighted by atomic mass is 10.1. The minimum atomic E-state index is 0.0995. The minimum absolute atomic E-state index is 0.0995. The van der Waals surface area contributed by atoms with E-state index in [2.05, 4.69) is 5.11 Å². The van der Waals surface area contributed by atoms with Crippen molar-refractivity contribution in [1.29, 1.82) is 10.5 Å². The summed E-state index contributed by atoms with van der Waals surface area (Å²) in [5.74, 6) is 0. The summed E-state index contributed by atoms with van der Waals surface area (Å²) < 4.78 is 0. The summed E-state index contributed by atoms with van der Waals surface area (Å²) in [5.41, 5.74) is 8.87. The maximum Gasteiger partial charge on any atom is 0.107 e. The third-order valence-corrected chi connectivity index (χ3v) is 1.38. The molecule has 0 aliphatic carbocycles. The highest BCUT2D eigenvalue weighted by molar-refractivity contribution is 5.60. The number of rotatable bonds is 1. The van der Waals surface area contributed by atoms with Crippen LogP contribution in [0.15, 0.2) is 23.3 Å². The standard InChI is InChI=1S/C8H3N4/c9-4-6-2-1-3-8(12-11)7(6)5-10/h1-3H. The molecule has 0 aliphatic rings. The fourth-order valence-electron chi connectivity index (χ4n) is 0.834. The quantitative estimate of drug-likeness (QED) is 0.573. The van der Waals surface area contributed by atoms with Gasteiger partial charge < -0.3 is 0 Å². The first-order chi connectivity index (χ1) is 5.83. The lowest BCUT2D eigenvalue weighted by molar-refractivity contribution is 1.28. The zero-order chi connectivity index (χ0) is 8.97. The van der Waals surface area contributed by atoms with E-state index in [-0.39, 0.29) is 16.8 Å². The second-order valence-electron chi connectivity index (χ2n) is 2.02. The normalized spacial score (nSPS) is 8.17. The fourth-order valence-corrected chi connectivity index (χ4v) is 0.834. The van der Waals surface area contributed by atoms with Crippen LogP contribution in [0.25, 0.3) is 0 Å². The largest absolute Gasteiger partial charge is 0.192 e. The fraction of sp³-hybridized carbons (Fsp3) is 0. The summed E-state index contributed by atoms with van der Waals surface area (Å²) in [6, 6.07) is 8.12. The Hall–Kier alpha value is -2.20. The summed E-state index contributed by atoms with van der Waals surface area (Å²) in [6.45, 7) is 0. The van der Waals surface area contributed by atoms with Gasteiger partial charge in [0.05, 0.1) is 11.1 Å². The second-order valence-corrected chi connectivity index (χ2v) is 2.02. The van der Waals surface area contributed by atoms with Crippen molar-refractivity contribution >= 4 is 5.69 Å². The highest BCUT2D eigenvalue weighted by Gasteiger charge is 2.05. The Labute approximate surface area is 69.2 Å². The zero-order valence-corrected chi connectivity index (χ0v) is 6.02. The molecule has 0 saturated carbocycles. The first-order valence-corrected chi connectivity index (χ1v) is 3.11. The van der Waals surface area contributed by atoms with Gasteiger partial charge in [0.25, 0.3) is 0 Å². The number of hydrogen-bond acceptors (Lipinski definition) is 3. The molecule has 0 fully saturated rings. The van der Waals surface area contributed by atoms with E-state index >= 15 is 0 Å². The third-order valence-electron chi connectivity index (χ3n) is 1.38. The van der Waals surface area contributed by atoms with Crippen LogP contribution >= 0.6 is 0 Å². The molecule has 1 aromatic rings. The molecule has 1 rings (SSSR count). The van der Waals surface area contributed by atoms with Gasteiger partial charge in [-0.1, -0.05) is 6.07 Å². The van der Waals surface area contributed by atoms with Crippen molar-refractivity contribution in [2.45, 2.75) is 0 Å². The van der Waals surface area contributed by atoms with Gasteiger partial charge in [-0.15, -0.1) is 5.11 Å². The molecule has 4 nitrogen and oxygen atoms in total. The zero-order valence-electron chi connectivity index (χ0n) is 6.02. The molecule has 0 aromatic heterocycles. The Kier molecular flexibility index (Phi) is 2.15. The van der Waals surface area contributed by atoms with Gasteiger partial charge >= 0.3 is 0 Å². The molecule has 4 heteroatoms. The summed E-state index contributed by atoms with van der Waals surface area (Å²) in [7, 11) is 0. The SMILES string of the molecule is [N]=Nc1cccc(C#N)c1C#N. The lowest BCUT2D eigenvalue weighted by Crippen LogP contribution is -1.82. The predicted molar refractivity (Wildman–Crippen MR) is 40.1 cm³/mol. The van der Waals surface area contributed by atoms with Crippen molar-refractivity contribution in [3.05, 3.63) is 29.3 Å². The molecule has 0 aliphatic heterocycles. The van der Waals surface area contributed by atoms with Gasteiger partial charge in [0, 0.05) is 0 Å². The van der Waals surface area contributed by atoms with E-state index in [4.69, 9.17) is 16.1 Å². The van der Waals surface area contributed by atoms with Crippen LogP contribution in [0, 0.1) is 22.7 Å². The van der Waals surface area contributed by atoms with Crippen LogP contribution in [-0.2, 0) is 0 Å². The highest BCUT2D eigenvalue weighted by atomic mass is 15.0. The van der Waals surface area contributed by atoms with E-state index in [1.54, 1.807) is 12.1 Å². The highest BCUT2D eigenvalue weighted by Crippen LogP contribution is 2.20. The molecule has 0 spiro atoms. The van der Waals surface area contributed by atoms with Crippen LogP contribution in [0.2, 0.25) is 0 Å². The van der Waals surface area contributed by atoms with Gasteiger partial charge in [0.1, 0.15) is 17.8 Å². The first-order valence-electron chi connectivity index (χ1n) is 3.11. The number of hydrogen-bond donors (Lipinski definition) is 0. The predicted octanol–water partition coefficient (Wildman–Crippen LogP) is 1.31. The molecular formula is C8H3N4. The molecule has 0 heterocycles. The molecule has 0 bridgehead atoms. The summed E-state index contributed by atoms with van der Waals surface area (Å²) in [6.07, 6.45) is 0. The second kappa shape index (κ2) is 3.27. The van der Waals surface area contributed by atoms with Gasteiger partial charge in [0.2, 0.25) is 0 Å². The average Bonchev–Trinajstić information content (AvgIpc) is 2.16. The molecule has 0 N–H and O–H groups in total. The average molecular weight is 155 g/mol. The van der Waals surface area contributed by atoms with Gasteiger partial charge in [0.15, 0.2) is 0 Å². The molecule has 12 heavy (non-hydrogen) atoms. The Morgan fingerprint density at radius 2 is 1.92 bits per heavy atom. The molecule has 0 amide bonds. The van der Waals surface area contributed by atoms with Gasteiger partial charge in [-0.05, 0) is 17.7 Å². The Bertz CT molecular complexity index is 394. The molecule has 55 valence electrons. The van der Waals surface area contributed by atoms with E-state index in [1.807, 2.05) is 6.07 Å². The van der Waals surface area contributed by atoms with Crippen LogP contribution in [0.5, 0.6) is 0 Å². The van der Waals surface area contributed by atoms with Crippen molar-refractivity contribution in [1.82, 2.24) is 5.53 Å². The Morgan fingerprint density at radius 3 is 2.42 bits per heavy atom. The van der Waals surface area contributed by atoms with E-state index in [9.17, 15) is 0 Å².